The van der Waals surface area contributed by atoms with Crippen molar-refractivity contribution in [1.82, 2.24) is 0 Å². The molecule has 0 aliphatic carbocycles. The zero-order valence-corrected chi connectivity index (χ0v) is 8.96. The third-order valence-electron chi connectivity index (χ3n) is 0.894. The van der Waals surface area contributed by atoms with Gasteiger partial charge in [0.2, 0.25) is 0 Å². The van der Waals surface area contributed by atoms with Crippen molar-refractivity contribution in [3.8, 4) is 0 Å². The Morgan fingerprint density at radius 1 is 1.89 bits per heavy atom. The molecule has 0 unspecified atom stereocenters. The molecule has 5 heteroatoms. The maximum atomic E-state index is 10.1. The molecule has 0 amide bonds. The van der Waals surface area contributed by atoms with E-state index in [-0.39, 0.29) is 0 Å². The summed E-state index contributed by atoms with van der Waals surface area (Å²) < 4.78 is 4.90. The number of hydrogen-bond donors (Lipinski definition) is 1. The molecule has 0 saturated heterocycles. The molecular weight excluding hydrogens is 152 g/mol. The van der Waals surface area contributed by atoms with Gasteiger partial charge in [-0.2, -0.15) is 0 Å². The maximum absolute atomic E-state index is 10.1. The highest BCUT2D eigenvalue weighted by Gasteiger charge is 1.96. The standard InChI is InChI=1S/C4H10O3Si2/c1-3(4(5)6)2-9-7-8/h2H,9H2,1,8H3,(H,5,6). The highest BCUT2D eigenvalue weighted by Crippen LogP contribution is 1.88. The molecule has 1 N–H and O–H groups in total. The van der Waals surface area contributed by atoms with Gasteiger partial charge in [-0.3, -0.25) is 0 Å². The lowest BCUT2D eigenvalue weighted by Crippen LogP contribution is -1.99. The van der Waals surface area contributed by atoms with Gasteiger partial charge in [0.1, 0.15) is 10.5 Å². The normalized spacial score (nSPS) is 13.2. The van der Waals surface area contributed by atoms with Crippen LogP contribution in [0.5, 0.6) is 0 Å². The van der Waals surface area contributed by atoms with Crippen molar-refractivity contribution in [2.45, 2.75) is 6.92 Å². The van der Waals surface area contributed by atoms with Gasteiger partial charge < -0.3 is 9.22 Å². The van der Waals surface area contributed by atoms with Gasteiger partial charge >= 0.3 is 5.97 Å². The van der Waals surface area contributed by atoms with E-state index in [9.17, 15) is 4.79 Å². The summed E-state index contributed by atoms with van der Waals surface area (Å²) in [6.07, 6.45) is 0. The lowest BCUT2D eigenvalue weighted by Gasteiger charge is -1.90. The van der Waals surface area contributed by atoms with Gasteiger partial charge in [-0.15, -0.1) is 0 Å². The summed E-state index contributed by atoms with van der Waals surface area (Å²) in [5.41, 5.74) is 2.09. The first-order valence-corrected chi connectivity index (χ1v) is 4.78. The minimum absolute atomic E-state index is 0.400. The fraction of sp³-hybridized carbons (Fsp3) is 0.250. The van der Waals surface area contributed by atoms with Gasteiger partial charge in [-0.25, -0.2) is 4.79 Å². The van der Waals surface area contributed by atoms with Crippen molar-refractivity contribution in [3.05, 3.63) is 11.3 Å². The second-order valence-corrected chi connectivity index (χ2v) is 4.70. The van der Waals surface area contributed by atoms with Crippen molar-refractivity contribution in [1.29, 1.82) is 0 Å². The third-order valence-corrected chi connectivity index (χ3v) is 3.01. The van der Waals surface area contributed by atoms with Crippen molar-refractivity contribution in [2.75, 3.05) is 0 Å². The van der Waals surface area contributed by atoms with Gasteiger partial charge in [0.05, 0.1) is 0 Å². The number of hydrogen-bond acceptors (Lipinski definition) is 2. The van der Waals surface area contributed by atoms with Crippen LogP contribution in [-0.4, -0.2) is 31.3 Å². The summed E-state index contributed by atoms with van der Waals surface area (Å²) >= 11 is 0. The molecule has 3 nitrogen and oxygen atoms in total. The second-order valence-electron chi connectivity index (χ2n) is 1.65. The van der Waals surface area contributed by atoms with Crippen LogP contribution in [0.3, 0.4) is 0 Å². The van der Waals surface area contributed by atoms with Gasteiger partial charge in [0.15, 0.2) is 9.76 Å². The quantitative estimate of drug-likeness (QED) is 0.400. The smallest absolute Gasteiger partial charge is 0.330 e. The Kier molecular flexibility index (Phi) is 4.28. The van der Waals surface area contributed by atoms with Crippen LogP contribution in [0.4, 0.5) is 0 Å². The zero-order chi connectivity index (χ0) is 7.28. The van der Waals surface area contributed by atoms with Crippen molar-refractivity contribution >= 4 is 26.2 Å². The fourth-order valence-corrected chi connectivity index (χ4v) is 1.39. The van der Waals surface area contributed by atoms with E-state index in [2.05, 4.69) is 0 Å². The van der Waals surface area contributed by atoms with Crippen LogP contribution in [0.25, 0.3) is 0 Å². The van der Waals surface area contributed by atoms with Crippen LogP contribution in [0.2, 0.25) is 0 Å². The molecule has 0 aromatic carbocycles. The van der Waals surface area contributed by atoms with E-state index in [0.29, 0.717) is 16.1 Å². The van der Waals surface area contributed by atoms with Crippen molar-refractivity contribution in [3.63, 3.8) is 0 Å². The highest BCUT2D eigenvalue weighted by atomic mass is 28.3. The predicted molar refractivity (Wildman–Crippen MR) is 41.0 cm³/mol. The number of aliphatic carboxylic acids is 1. The second kappa shape index (κ2) is 4.48. The molecule has 0 saturated carbocycles. The Balaban J connectivity index is 3.69. The number of rotatable bonds is 3. The first-order chi connectivity index (χ1) is 4.18. The fourth-order valence-electron chi connectivity index (χ4n) is 0.296. The van der Waals surface area contributed by atoms with Crippen LogP contribution in [0.1, 0.15) is 6.92 Å². The Bertz CT molecular complexity index is 132. The molecule has 0 spiro atoms. The number of carboxylic acids is 1. The van der Waals surface area contributed by atoms with Crippen LogP contribution in [0.15, 0.2) is 11.3 Å². The van der Waals surface area contributed by atoms with E-state index in [1.54, 1.807) is 12.6 Å². The summed E-state index contributed by atoms with van der Waals surface area (Å²) in [6, 6.07) is 0. The van der Waals surface area contributed by atoms with Crippen LogP contribution >= 0.6 is 0 Å². The number of carboxylic acid groups (broad SMARTS) is 1. The van der Waals surface area contributed by atoms with Gasteiger partial charge in [-0.05, 0) is 6.92 Å². The van der Waals surface area contributed by atoms with Gasteiger partial charge in [-0.1, -0.05) is 5.70 Å². The molecule has 9 heavy (non-hydrogen) atoms. The van der Waals surface area contributed by atoms with E-state index in [4.69, 9.17) is 9.22 Å². The first kappa shape index (κ1) is 8.60. The lowest BCUT2D eigenvalue weighted by atomic mass is 10.4. The molecule has 0 aromatic rings. The third kappa shape index (κ3) is 4.13. The van der Waals surface area contributed by atoms with Crippen molar-refractivity contribution < 1.29 is 14.0 Å². The lowest BCUT2D eigenvalue weighted by molar-refractivity contribution is -0.132. The van der Waals surface area contributed by atoms with Crippen LogP contribution in [-0.2, 0) is 8.91 Å². The highest BCUT2D eigenvalue weighted by molar-refractivity contribution is 6.40. The SMILES string of the molecule is CC(=C[SiH2]O[SiH3])C(=O)O. The predicted octanol–water partition coefficient (Wildman–Crippen LogP) is -1.64. The summed E-state index contributed by atoms with van der Waals surface area (Å²) in [4.78, 5) is 10.1. The van der Waals surface area contributed by atoms with Crippen LogP contribution < -0.4 is 0 Å². The molecule has 0 aliphatic heterocycles. The molecule has 0 atom stereocenters. The molecule has 0 aliphatic rings. The average molecular weight is 162 g/mol. The minimum atomic E-state index is -0.846. The van der Waals surface area contributed by atoms with E-state index in [1.807, 2.05) is 0 Å². The maximum Gasteiger partial charge on any atom is 0.330 e. The Labute approximate surface area is 59.2 Å². The van der Waals surface area contributed by atoms with E-state index in [0.717, 1.165) is 0 Å². The molecule has 0 rings (SSSR count). The summed E-state index contributed by atoms with van der Waals surface area (Å²) in [5.74, 6) is -0.846. The summed E-state index contributed by atoms with van der Waals surface area (Å²) in [7, 11) is 0.0649. The molecule has 0 heterocycles. The Morgan fingerprint density at radius 3 is 2.78 bits per heavy atom. The van der Waals surface area contributed by atoms with E-state index in [1.165, 1.54) is 0 Å². The monoisotopic (exact) mass is 162 g/mol. The van der Waals surface area contributed by atoms with Gasteiger partial charge in [0, 0.05) is 5.57 Å². The molecule has 0 fully saturated rings. The molecular formula is C4H10O3Si2. The first-order valence-electron chi connectivity index (χ1n) is 2.57. The summed E-state index contributed by atoms with van der Waals surface area (Å²) in [6.45, 7) is 1.58. The average Bonchev–Trinajstić information content (AvgIpc) is 1.82. The molecule has 52 valence electrons. The zero-order valence-electron chi connectivity index (χ0n) is 5.55. The van der Waals surface area contributed by atoms with Crippen LogP contribution in [0, 0.1) is 0 Å². The van der Waals surface area contributed by atoms with Gasteiger partial charge in [0.25, 0.3) is 0 Å². The summed E-state index contributed by atoms with van der Waals surface area (Å²) in [5, 5.41) is 8.32. The van der Waals surface area contributed by atoms with E-state index < -0.39 is 15.7 Å². The largest absolute Gasteiger partial charge is 0.478 e. The van der Waals surface area contributed by atoms with Crippen molar-refractivity contribution in [2.24, 2.45) is 0 Å². The Morgan fingerprint density at radius 2 is 2.44 bits per heavy atom. The molecule has 0 aromatic heterocycles. The minimum Gasteiger partial charge on any atom is -0.478 e. The Hall–Kier alpha value is -0.396. The molecule has 0 radical (unpaired) electrons. The topological polar surface area (TPSA) is 46.5 Å². The van der Waals surface area contributed by atoms with E-state index >= 15 is 0 Å². The molecule has 0 bridgehead atoms. The number of carbonyl (C=O) groups is 1.